The van der Waals surface area contributed by atoms with E-state index in [4.69, 9.17) is 10.5 Å². The number of imidazole rings is 1. The predicted octanol–water partition coefficient (Wildman–Crippen LogP) is 3.10. The molecular formula is C28H32F4N6O4. The van der Waals surface area contributed by atoms with Gasteiger partial charge in [0.1, 0.15) is 17.9 Å². The van der Waals surface area contributed by atoms with Crippen molar-refractivity contribution < 1.29 is 36.7 Å². The van der Waals surface area contributed by atoms with Crippen molar-refractivity contribution in [2.45, 2.75) is 44.3 Å². The Bertz CT molecular complexity index is 1400. The van der Waals surface area contributed by atoms with Crippen LogP contribution in [0.15, 0.2) is 61.1 Å². The lowest BCUT2D eigenvalue weighted by atomic mass is 10.0. The van der Waals surface area contributed by atoms with E-state index in [0.29, 0.717) is 12.1 Å². The summed E-state index contributed by atoms with van der Waals surface area (Å²) in [6.07, 6.45) is -2.43. The average molecular weight is 593 g/mol. The molecule has 2 aromatic carbocycles. The summed E-state index contributed by atoms with van der Waals surface area (Å²) in [5.41, 5.74) is 3.86. The average Bonchev–Trinajstić information content (AvgIpc) is 3.36. The smallest absolute Gasteiger partial charge is 0.374 e. The Hall–Kier alpha value is -4.30. The van der Waals surface area contributed by atoms with Crippen molar-refractivity contribution in [1.82, 2.24) is 19.8 Å². The summed E-state index contributed by atoms with van der Waals surface area (Å²) in [4.78, 5) is 43.9. The summed E-state index contributed by atoms with van der Waals surface area (Å²) in [6, 6.07) is 8.39. The van der Waals surface area contributed by atoms with Crippen LogP contribution in [-0.4, -0.2) is 64.5 Å². The molecule has 4 N–H and O–H groups in total. The van der Waals surface area contributed by atoms with E-state index in [1.807, 2.05) is 30.3 Å². The number of alkyl halides is 3. The van der Waals surface area contributed by atoms with Crippen molar-refractivity contribution in [2.24, 2.45) is 5.73 Å². The number of ether oxygens (including phenoxy) is 1. The van der Waals surface area contributed by atoms with E-state index in [0.717, 1.165) is 27.4 Å². The normalized spacial score (nSPS) is 13.3. The monoisotopic (exact) mass is 592 g/mol. The van der Waals surface area contributed by atoms with Crippen LogP contribution in [0.2, 0.25) is 0 Å². The quantitative estimate of drug-likeness (QED) is 0.294. The number of halogens is 4. The Morgan fingerprint density at radius 3 is 2.33 bits per heavy atom. The van der Waals surface area contributed by atoms with Crippen molar-refractivity contribution in [3.63, 3.8) is 0 Å². The number of amides is 3. The second-order valence-electron chi connectivity index (χ2n) is 10.3. The van der Waals surface area contributed by atoms with E-state index in [1.54, 1.807) is 0 Å². The Kier molecular flexibility index (Phi) is 10.1. The summed E-state index contributed by atoms with van der Waals surface area (Å²) in [7, 11) is 2.80. The number of likely N-dealkylation sites (N-methyl/N-ethyl adjacent to an activating group) is 1. The van der Waals surface area contributed by atoms with Crippen molar-refractivity contribution in [1.29, 1.82) is 0 Å². The van der Waals surface area contributed by atoms with Gasteiger partial charge < -0.3 is 30.6 Å². The highest BCUT2D eigenvalue weighted by molar-refractivity contribution is 5.98. The van der Waals surface area contributed by atoms with Gasteiger partial charge in [-0.1, -0.05) is 36.4 Å². The number of aromatic nitrogens is 2. The number of hydrogen-bond acceptors (Lipinski definition) is 6. The first-order valence-electron chi connectivity index (χ1n) is 12.7. The van der Waals surface area contributed by atoms with Crippen molar-refractivity contribution >= 4 is 23.5 Å². The van der Waals surface area contributed by atoms with Crippen LogP contribution in [0.1, 0.15) is 36.6 Å². The number of carbonyl (C=O) groups excluding carboxylic acids is 3. The maximum absolute atomic E-state index is 14.9. The van der Waals surface area contributed by atoms with Gasteiger partial charge in [0.05, 0.1) is 30.6 Å². The molecule has 3 aromatic rings. The highest BCUT2D eigenvalue weighted by Gasteiger charge is 2.34. The predicted molar refractivity (Wildman–Crippen MR) is 145 cm³/mol. The van der Waals surface area contributed by atoms with Crippen molar-refractivity contribution in [2.75, 3.05) is 26.0 Å². The van der Waals surface area contributed by atoms with Gasteiger partial charge in [0, 0.05) is 25.9 Å². The van der Waals surface area contributed by atoms with E-state index < -0.39 is 52.9 Å². The van der Waals surface area contributed by atoms with Gasteiger partial charge in [0.2, 0.25) is 11.8 Å². The van der Waals surface area contributed by atoms with Crippen LogP contribution in [0.25, 0.3) is 0 Å². The molecule has 3 amide bonds. The van der Waals surface area contributed by atoms with E-state index >= 15 is 0 Å². The molecule has 226 valence electrons. The third kappa shape index (κ3) is 8.36. The number of nitrogens with two attached hydrogens (primary N) is 1. The molecule has 0 spiro atoms. The van der Waals surface area contributed by atoms with Gasteiger partial charge in [0.15, 0.2) is 5.82 Å². The summed E-state index contributed by atoms with van der Waals surface area (Å²) in [5.74, 6) is -3.31. The summed E-state index contributed by atoms with van der Waals surface area (Å²) in [6.45, 7) is 2.87. The molecule has 0 aliphatic carbocycles. The molecule has 14 heteroatoms. The SMILES string of the molecule is CN(C)C(=O)C(c1ccc(C(F)(F)F)cc1F)n1cnc(NC(=O)C(COCc2ccccc2)NC(=O)C(C)(C)N)c1. The molecule has 0 saturated heterocycles. The van der Waals surface area contributed by atoms with Crippen LogP contribution in [-0.2, 0) is 31.9 Å². The summed E-state index contributed by atoms with van der Waals surface area (Å²) < 4.78 is 60.9. The fraction of sp³-hybridized carbons (Fsp3) is 0.357. The zero-order valence-electron chi connectivity index (χ0n) is 23.4. The minimum Gasteiger partial charge on any atom is -0.374 e. The van der Waals surface area contributed by atoms with E-state index in [-0.39, 0.29) is 24.6 Å². The number of benzene rings is 2. The zero-order valence-corrected chi connectivity index (χ0v) is 23.4. The first-order valence-corrected chi connectivity index (χ1v) is 12.7. The molecule has 0 aliphatic rings. The summed E-state index contributed by atoms with van der Waals surface area (Å²) >= 11 is 0. The minimum absolute atomic E-state index is 0.0711. The Morgan fingerprint density at radius 2 is 1.76 bits per heavy atom. The topological polar surface area (TPSA) is 132 Å². The molecular weight excluding hydrogens is 560 g/mol. The van der Waals surface area contributed by atoms with E-state index in [1.165, 1.54) is 34.1 Å². The standard InChI is InChI=1S/C28H32F4N6O4/c1-27(2,33)26(41)35-21(15-42-14-17-8-6-5-7-9-17)24(39)36-22-13-38(16-34-22)23(25(40)37(3)4)19-11-10-18(12-20(19)29)28(30,31)32/h5-13,16,21,23H,14-15,33H2,1-4H3,(H,35,41)(H,36,39). The Balaban J connectivity index is 1.83. The second kappa shape index (κ2) is 13.1. The minimum atomic E-state index is -4.78. The maximum Gasteiger partial charge on any atom is 0.416 e. The largest absolute Gasteiger partial charge is 0.416 e. The lowest BCUT2D eigenvalue weighted by molar-refractivity contribution is -0.137. The van der Waals surface area contributed by atoms with Gasteiger partial charge >= 0.3 is 6.18 Å². The van der Waals surface area contributed by atoms with Gasteiger partial charge in [-0.25, -0.2) is 9.37 Å². The lowest BCUT2D eigenvalue weighted by Gasteiger charge is -2.24. The van der Waals surface area contributed by atoms with Crippen LogP contribution >= 0.6 is 0 Å². The van der Waals surface area contributed by atoms with Gasteiger partial charge in [-0.2, -0.15) is 13.2 Å². The Morgan fingerprint density at radius 1 is 1.10 bits per heavy atom. The number of carbonyl (C=O) groups is 3. The van der Waals surface area contributed by atoms with Crippen LogP contribution in [0, 0.1) is 5.82 Å². The molecule has 0 saturated carbocycles. The molecule has 0 radical (unpaired) electrons. The highest BCUT2D eigenvalue weighted by atomic mass is 19.4. The molecule has 1 heterocycles. The third-order valence-corrected chi connectivity index (χ3v) is 6.05. The van der Waals surface area contributed by atoms with Crippen LogP contribution < -0.4 is 16.4 Å². The molecule has 0 bridgehead atoms. The number of nitrogens with zero attached hydrogens (tertiary/aromatic N) is 3. The second-order valence-corrected chi connectivity index (χ2v) is 10.3. The zero-order chi connectivity index (χ0) is 31.2. The maximum atomic E-state index is 14.9. The fourth-order valence-electron chi connectivity index (χ4n) is 3.74. The first kappa shape index (κ1) is 32.2. The summed E-state index contributed by atoms with van der Waals surface area (Å²) in [5, 5.41) is 5.05. The highest BCUT2D eigenvalue weighted by Crippen LogP contribution is 2.32. The Labute approximate surface area is 239 Å². The van der Waals surface area contributed by atoms with Crippen LogP contribution in [0.3, 0.4) is 0 Å². The van der Waals surface area contributed by atoms with E-state index in [2.05, 4.69) is 15.6 Å². The fourth-order valence-corrected chi connectivity index (χ4v) is 3.74. The molecule has 2 atom stereocenters. The number of nitrogens with one attached hydrogen (secondary N) is 2. The van der Waals surface area contributed by atoms with Crippen molar-refractivity contribution in [3.8, 4) is 0 Å². The molecule has 42 heavy (non-hydrogen) atoms. The third-order valence-electron chi connectivity index (χ3n) is 6.05. The van der Waals surface area contributed by atoms with Gasteiger partial charge in [-0.3, -0.25) is 14.4 Å². The number of hydrogen-bond donors (Lipinski definition) is 3. The van der Waals surface area contributed by atoms with Crippen molar-refractivity contribution in [3.05, 3.63) is 83.6 Å². The van der Waals surface area contributed by atoms with Gasteiger partial charge in [-0.05, 0) is 31.5 Å². The first-order chi connectivity index (χ1) is 19.6. The van der Waals surface area contributed by atoms with Gasteiger partial charge in [-0.15, -0.1) is 0 Å². The molecule has 3 rings (SSSR count). The molecule has 1 aromatic heterocycles. The molecule has 10 nitrogen and oxygen atoms in total. The molecule has 0 fully saturated rings. The van der Waals surface area contributed by atoms with Crippen LogP contribution in [0.5, 0.6) is 0 Å². The lowest BCUT2D eigenvalue weighted by Crippen LogP contribution is -2.56. The van der Waals surface area contributed by atoms with Gasteiger partial charge in [0.25, 0.3) is 5.91 Å². The number of rotatable bonds is 11. The molecule has 0 aliphatic heterocycles. The number of anilines is 1. The van der Waals surface area contributed by atoms with E-state index in [9.17, 15) is 31.9 Å². The van der Waals surface area contributed by atoms with Crippen LogP contribution in [0.4, 0.5) is 23.4 Å². The molecule has 2 unspecified atom stereocenters.